The molecule has 0 spiro atoms. The van der Waals surface area contributed by atoms with Gasteiger partial charge < -0.3 is 4.42 Å². The molecule has 0 N–H and O–H groups in total. The molecule has 0 unspecified atom stereocenters. The summed E-state index contributed by atoms with van der Waals surface area (Å²) in [6.07, 6.45) is 0. The molecular formula is C15H9NO. The fourth-order valence-corrected chi connectivity index (χ4v) is 2.25. The Morgan fingerprint density at radius 3 is 2.47 bits per heavy atom. The maximum absolute atomic E-state index is 5.65. The molecule has 2 heterocycles. The van der Waals surface area contributed by atoms with Crippen molar-refractivity contribution in [3.05, 3.63) is 70.9 Å². The zero-order chi connectivity index (χ0) is 11.2. The third-order valence-corrected chi connectivity index (χ3v) is 3.07. The van der Waals surface area contributed by atoms with E-state index in [1.807, 2.05) is 36.4 Å². The Bertz CT molecular complexity index is 828. The summed E-state index contributed by atoms with van der Waals surface area (Å²) in [6, 6.07) is 18.3. The van der Waals surface area contributed by atoms with Crippen molar-refractivity contribution >= 4 is 16.7 Å². The summed E-state index contributed by atoms with van der Waals surface area (Å²) in [7, 11) is 0. The highest BCUT2D eigenvalue weighted by atomic mass is 16.3. The highest BCUT2D eigenvalue weighted by Gasteiger charge is 2.16. The topological polar surface area (TPSA) is 25.5 Å². The van der Waals surface area contributed by atoms with E-state index in [0.29, 0.717) is 0 Å². The van der Waals surface area contributed by atoms with Crippen LogP contribution in [0, 0.1) is 0 Å². The van der Waals surface area contributed by atoms with E-state index in [1.54, 1.807) is 0 Å². The van der Waals surface area contributed by atoms with Crippen LogP contribution in [0.1, 0.15) is 5.56 Å². The fraction of sp³-hybridized carbons (Fsp3) is 0. The Morgan fingerprint density at radius 1 is 0.824 bits per heavy atom. The van der Waals surface area contributed by atoms with Gasteiger partial charge in [-0.05, 0) is 6.07 Å². The van der Waals surface area contributed by atoms with Crippen LogP contribution >= 0.6 is 0 Å². The normalized spacial score (nSPS) is 13.1. The number of hydrogen-bond acceptors (Lipinski definition) is 2. The lowest BCUT2D eigenvalue weighted by molar-refractivity contribution is 0.546. The van der Waals surface area contributed by atoms with Gasteiger partial charge in [-0.3, -0.25) is 0 Å². The van der Waals surface area contributed by atoms with Crippen LogP contribution in [0.15, 0.2) is 64.0 Å². The van der Waals surface area contributed by atoms with Crippen molar-refractivity contribution in [2.24, 2.45) is 4.99 Å². The lowest BCUT2D eigenvalue weighted by Gasteiger charge is -2.05. The first-order valence-corrected chi connectivity index (χ1v) is 5.59. The molecule has 4 rings (SSSR count). The van der Waals surface area contributed by atoms with E-state index in [2.05, 4.69) is 23.2 Å². The number of para-hydroxylation sites is 1. The lowest BCUT2D eigenvalue weighted by atomic mass is 10.1. The molecule has 1 aromatic heterocycles. The highest BCUT2D eigenvalue weighted by molar-refractivity contribution is 5.84. The molecule has 0 fully saturated rings. The number of hydrogen-bond donors (Lipinski definition) is 0. The molecule has 0 bridgehead atoms. The molecule has 1 aliphatic heterocycles. The Morgan fingerprint density at radius 2 is 1.59 bits per heavy atom. The van der Waals surface area contributed by atoms with Gasteiger partial charge in [-0.2, -0.15) is 0 Å². The number of rotatable bonds is 1. The van der Waals surface area contributed by atoms with E-state index in [4.69, 9.17) is 4.42 Å². The van der Waals surface area contributed by atoms with Crippen LogP contribution in [-0.2, 0) is 0 Å². The van der Waals surface area contributed by atoms with Crippen LogP contribution in [0.4, 0.5) is 0 Å². The van der Waals surface area contributed by atoms with Gasteiger partial charge in [-0.25, -0.2) is 4.99 Å². The number of fused-ring (bicyclic) bond motifs is 3. The first-order valence-electron chi connectivity index (χ1n) is 5.59. The summed E-state index contributed by atoms with van der Waals surface area (Å²) >= 11 is 0. The van der Waals surface area contributed by atoms with Gasteiger partial charge in [0, 0.05) is 10.9 Å². The molecule has 2 heteroatoms. The summed E-state index contributed by atoms with van der Waals surface area (Å²) in [5.41, 5.74) is 3.84. The second kappa shape index (κ2) is 3.08. The van der Waals surface area contributed by atoms with Gasteiger partial charge in [0.25, 0.3) is 0 Å². The van der Waals surface area contributed by atoms with Gasteiger partial charge in [-0.15, -0.1) is 0 Å². The van der Waals surface area contributed by atoms with Gasteiger partial charge in [0.2, 0.25) is 5.55 Å². The molecular weight excluding hydrogens is 210 g/mol. The lowest BCUT2D eigenvalue weighted by Crippen LogP contribution is -2.31. The van der Waals surface area contributed by atoms with Crippen LogP contribution in [0.25, 0.3) is 16.7 Å². The van der Waals surface area contributed by atoms with Gasteiger partial charge in [0.1, 0.15) is 5.58 Å². The zero-order valence-electron chi connectivity index (χ0n) is 9.05. The summed E-state index contributed by atoms with van der Waals surface area (Å²) in [4.78, 5) is 4.44. The van der Waals surface area contributed by atoms with Crippen LogP contribution in [0.2, 0.25) is 0 Å². The van der Waals surface area contributed by atoms with E-state index in [9.17, 15) is 0 Å². The van der Waals surface area contributed by atoms with Crippen molar-refractivity contribution < 1.29 is 4.42 Å². The third-order valence-electron chi connectivity index (χ3n) is 3.07. The monoisotopic (exact) mass is 219 g/mol. The Kier molecular flexibility index (Phi) is 1.59. The van der Waals surface area contributed by atoms with Crippen LogP contribution < -0.4 is 10.8 Å². The first-order chi connectivity index (χ1) is 8.43. The van der Waals surface area contributed by atoms with Gasteiger partial charge in [-0.1, -0.05) is 48.5 Å². The molecule has 0 saturated heterocycles. The standard InChI is InChI=1S/C15H9NO/c1-2-6-10(7-3-1)14-13-11-8-4-5-9-12(11)17-15(13)16-14/h1-9H. The first kappa shape index (κ1) is 8.76. The number of nitrogens with zero attached hydrogens (tertiary/aromatic N) is 1. The second-order valence-electron chi connectivity index (χ2n) is 4.10. The molecule has 2 aromatic carbocycles. The van der Waals surface area contributed by atoms with Crippen LogP contribution in [-0.4, -0.2) is 0 Å². The summed E-state index contributed by atoms with van der Waals surface area (Å²) in [5.74, 6) is 0. The minimum atomic E-state index is 0.755. The quantitative estimate of drug-likeness (QED) is 0.616. The Labute approximate surface area is 97.5 Å². The predicted octanol–water partition coefficient (Wildman–Crippen LogP) is 2.22. The van der Waals surface area contributed by atoms with Gasteiger partial charge in [0.15, 0.2) is 0 Å². The van der Waals surface area contributed by atoms with Crippen molar-refractivity contribution in [3.63, 3.8) is 0 Å². The van der Waals surface area contributed by atoms with E-state index < -0.39 is 0 Å². The number of benzene rings is 2. The van der Waals surface area contributed by atoms with Crippen LogP contribution in [0.3, 0.4) is 0 Å². The SMILES string of the molecule is c1ccc(C2=c3c(oc4ccccc34)=N2)cc1. The summed E-state index contributed by atoms with van der Waals surface area (Å²) in [5, 5.41) is 2.29. The Hall–Kier alpha value is -2.35. The molecule has 17 heavy (non-hydrogen) atoms. The fourth-order valence-electron chi connectivity index (χ4n) is 2.25. The zero-order valence-corrected chi connectivity index (χ0v) is 9.05. The smallest absolute Gasteiger partial charge is 0.230 e. The molecule has 0 saturated carbocycles. The van der Waals surface area contributed by atoms with Crippen molar-refractivity contribution in [2.75, 3.05) is 0 Å². The van der Waals surface area contributed by atoms with Crippen molar-refractivity contribution in [1.82, 2.24) is 0 Å². The third kappa shape index (κ3) is 1.12. The summed E-state index contributed by atoms with van der Waals surface area (Å²) < 4.78 is 5.65. The minimum absolute atomic E-state index is 0.755. The minimum Gasteiger partial charge on any atom is -0.438 e. The molecule has 2 nitrogen and oxygen atoms in total. The molecule has 0 amide bonds. The van der Waals surface area contributed by atoms with Gasteiger partial charge >= 0.3 is 0 Å². The largest absolute Gasteiger partial charge is 0.438 e. The molecule has 0 aliphatic carbocycles. The van der Waals surface area contributed by atoms with Crippen molar-refractivity contribution in [3.8, 4) is 0 Å². The van der Waals surface area contributed by atoms with Crippen molar-refractivity contribution in [1.29, 1.82) is 0 Å². The van der Waals surface area contributed by atoms with E-state index in [-0.39, 0.29) is 0 Å². The summed E-state index contributed by atoms with van der Waals surface area (Å²) in [6.45, 7) is 0. The maximum atomic E-state index is 5.65. The molecule has 0 atom stereocenters. The van der Waals surface area contributed by atoms with Gasteiger partial charge in [0.05, 0.1) is 10.9 Å². The molecule has 80 valence electrons. The highest BCUT2D eigenvalue weighted by Crippen LogP contribution is 2.18. The van der Waals surface area contributed by atoms with E-state index in [1.165, 1.54) is 0 Å². The molecule has 1 aliphatic rings. The van der Waals surface area contributed by atoms with E-state index >= 15 is 0 Å². The molecule has 3 aromatic rings. The Balaban J connectivity index is 2.12. The number of furan rings is 1. The average Bonchev–Trinajstić information content (AvgIpc) is 2.64. The predicted molar refractivity (Wildman–Crippen MR) is 65.9 cm³/mol. The second-order valence-corrected chi connectivity index (χ2v) is 4.10. The average molecular weight is 219 g/mol. The molecule has 0 radical (unpaired) electrons. The maximum Gasteiger partial charge on any atom is 0.230 e. The van der Waals surface area contributed by atoms with Crippen LogP contribution in [0.5, 0.6) is 0 Å². The van der Waals surface area contributed by atoms with E-state index in [0.717, 1.165) is 33.0 Å². The van der Waals surface area contributed by atoms with Crippen molar-refractivity contribution in [2.45, 2.75) is 0 Å².